The van der Waals surface area contributed by atoms with E-state index in [1.54, 1.807) is 24.3 Å². The number of nitrogens with zero attached hydrogens (tertiary/aromatic N) is 2. The number of primary amides is 1. The van der Waals surface area contributed by atoms with Gasteiger partial charge in [0.25, 0.3) is 0 Å². The molecule has 9 heteroatoms. The Morgan fingerprint density at radius 3 is 2.43 bits per heavy atom. The van der Waals surface area contributed by atoms with E-state index in [-0.39, 0.29) is 24.3 Å². The predicted octanol–water partition coefficient (Wildman–Crippen LogP) is 2.49. The van der Waals surface area contributed by atoms with Crippen LogP contribution in [0, 0.1) is 5.92 Å². The van der Waals surface area contributed by atoms with E-state index in [1.165, 1.54) is 19.4 Å². The number of esters is 1. The molecule has 2 N–H and O–H groups in total. The first-order valence-corrected chi connectivity index (χ1v) is 9.81. The fraction of sp³-hybridized carbons (Fsp3) is 0.333. The summed E-state index contributed by atoms with van der Waals surface area (Å²) in [7, 11) is 1.49. The lowest BCUT2D eigenvalue weighted by Crippen LogP contribution is -2.37. The number of piperidine rings is 1. The van der Waals surface area contributed by atoms with Crippen molar-refractivity contribution in [3.63, 3.8) is 0 Å². The van der Waals surface area contributed by atoms with Gasteiger partial charge in [0, 0.05) is 24.8 Å². The van der Waals surface area contributed by atoms with Gasteiger partial charge in [-0.25, -0.2) is 4.98 Å². The van der Waals surface area contributed by atoms with Gasteiger partial charge in [0.2, 0.25) is 5.91 Å². The molecule has 30 heavy (non-hydrogen) atoms. The Morgan fingerprint density at radius 2 is 1.87 bits per heavy atom. The van der Waals surface area contributed by atoms with Gasteiger partial charge in [-0.15, -0.1) is 0 Å². The van der Waals surface area contributed by atoms with Gasteiger partial charge in [0.05, 0.1) is 23.6 Å². The van der Waals surface area contributed by atoms with E-state index in [0.29, 0.717) is 47.8 Å². The number of hydrogen-bond acceptors (Lipinski definition) is 7. The summed E-state index contributed by atoms with van der Waals surface area (Å²) in [6.07, 6.45) is 2.61. The summed E-state index contributed by atoms with van der Waals surface area (Å²) in [5.41, 5.74) is 5.92. The van der Waals surface area contributed by atoms with Crippen molar-refractivity contribution < 1.29 is 23.9 Å². The van der Waals surface area contributed by atoms with Crippen molar-refractivity contribution in [3.05, 3.63) is 52.7 Å². The molecule has 1 saturated heterocycles. The van der Waals surface area contributed by atoms with Gasteiger partial charge in [-0.1, -0.05) is 11.6 Å². The number of carbonyl (C=O) groups excluding carboxylic acids is 3. The fourth-order valence-electron chi connectivity index (χ4n) is 3.24. The van der Waals surface area contributed by atoms with Crippen molar-refractivity contribution in [2.75, 3.05) is 31.7 Å². The van der Waals surface area contributed by atoms with E-state index >= 15 is 0 Å². The molecule has 2 heterocycles. The third-order valence-electron chi connectivity index (χ3n) is 5.00. The number of pyridine rings is 1. The van der Waals surface area contributed by atoms with Crippen molar-refractivity contribution in [1.29, 1.82) is 0 Å². The molecule has 8 nitrogen and oxygen atoms in total. The van der Waals surface area contributed by atoms with Gasteiger partial charge in [-0.05, 0) is 43.2 Å². The first-order valence-electron chi connectivity index (χ1n) is 9.43. The van der Waals surface area contributed by atoms with Gasteiger partial charge in [-0.2, -0.15) is 0 Å². The zero-order valence-corrected chi connectivity index (χ0v) is 17.2. The van der Waals surface area contributed by atoms with E-state index in [9.17, 15) is 14.4 Å². The lowest BCUT2D eigenvalue weighted by atomic mass is 9.97. The number of hydrogen-bond donors (Lipinski definition) is 1. The van der Waals surface area contributed by atoms with Crippen LogP contribution in [0.1, 0.15) is 33.6 Å². The minimum Gasteiger partial charge on any atom is -0.495 e. The molecule has 1 amide bonds. The number of anilines is 1. The molecule has 0 radical (unpaired) electrons. The Hall–Kier alpha value is -3.13. The van der Waals surface area contributed by atoms with Crippen LogP contribution in [0.15, 0.2) is 36.5 Å². The fourth-order valence-corrected chi connectivity index (χ4v) is 3.50. The average molecular weight is 432 g/mol. The summed E-state index contributed by atoms with van der Waals surface area (Å²) in [5.74, 6) is -0.335. The van der Waals surface area contributed by atoms with E-state index in [4.69, 9.17) is 26.8 Å². The van der Waals surface area contributed by atoms with Crippen LogP contribution in [0.5, 0.6) is 5.75 Å². The number of Topliss-reactive ketones (excluding diaryl/α,β-unsaturated/α-hetero) is 1. The molecular formula is C21H22ClN3O5. The predicted molar refractivity (Wildman–Crippen MR) is 111 cm³/mol. The number of ether oxygens (including phenoxy) is 2. The smallest absolute Gasteiger partial charge is 0.309 e. The summed E-state index contributed by atoms with van der Waals surface area (Å²) in [4.78, 5) is 42.0. The van der Waals surface area contributed by atoms with Crippen LogP contribution in [0.3, 0.4) is 0 Å². The maximum absolute atomic E-state index is 12.4. The van der Waals surface area contributed by atoms with Crippen molar-refractivity contribution in [2.45, 2.75) is 12.8 Å². The third kappa shape index (κ3) is 5.07. The number of methoxy groups -OCH3 is 1. The number of halogens is 1. The van der Waals surface area contributed by atoms with Crippen LogP contribution in [-0.4, -0.2) is 49.4 Å². The van der Waals surface area contributed by atoms with Crippen LogP contribution in [0.2, 0.25) is 5.02 Å². The zero-order valence-electron chi connectivity index (χ0n) is 16.5. The molecule has 0 atom stereocenters. The minimum atomic E-state index is -0.526. The topological polar surface area (TPSA) is 112 Å². The highest BCUT2D eigenvalue weighted by atomic mass is 35.5. The van der Waals surface area contributed by atoms with Crippen molar-refractivity contribution in [1.82, 2.24) is 4.98 Å². The maximum atomic E-state index is 12.4. The lowest BCUT2D eigenvalue weighted by Gasteiger charge is -2.31. The van der Waals surface area contributed by atoms with E-state index in [2.05, 4.69) is 4.98 Å². The van der Waals surface area contributed by atoms with Gasteiger partial charge >= 0.3 is 5.97 Å². The van der Waals surface area contributed by atoms with Crippen molar-refractivity contribution in [3.8, 4) is 5.75 Å². The quantitative estimate of drug-likeness (QED) is 0.529. The molecule has 1 aromatic heterocycles. The Bertz CT molecular complexity index is 940. The molecule has 0 saturated carbocycles. The first-order chi connectivity index (χ1) is 14.4. The van der Waals surface area contributed by atoms with Crippen LogP contribution in [0.4, 0.5) is 5.82 Å². The summed E-state index contributed by atoms with van der Waals surface area (Å²) in [6.45, 7) is 0.896. The van der Waals surface area contributed by atoms with Crippen LogP contribution >= 0.6 is 11.6 Å². The highest BCUT2D eigenvalue weighted by Crippen LogP contribution is 2.26. The Morgan fingerprint density at radius 1 is 1.17 bits per heavy atom. The number of rotatable bonds is 7. The maximum Gasteiger partial charge on any atom is 0.309 e. The number of aromatic nitrogens is 1. The number of carbonyl (C=O) groups is 3. The molecule has 1 aliphatic heterocycles. The Kier molecular flexibility index (Phi) is 6.89. The normalized spacial score (nSPS) is 14.3. The Labute approximate surface area is 178 Å². The number of amides is 1. The van der Waals surface area contributed by atoms with Gasteiger partial charge in [0.1, 0.15) is 11.6 Å². The molecule has 0 aliphatic carbocycles. The summed E-state index contributed by atoms with van der Waals surface area (Å²) in [5, 5.41) is 0.319. The first kappa shape index (κ1) is 21.6. The van der Waals surface area contributed by atoms with E-state index < -0.39 is 5.91 Å². The van der Waals surface area contributed by atoms with E-state index in [1.807, 2.05) is 4.90 Å². The second-order valence-electron chi connectivity index (χ2n) is 6.91. The second-order valence-corrected chi connectivity index (χ2v) is 7.32. The van der Waals surface area contributed by atoms with Crippen LogP contribution in [-0.2, 0) is 9.53 Å². The number of nitrogens with two attached hydrogens (primary N) is 1. The third-order valence-corrected chi connectivity index (χ3v) is 5.30. The SMILES string of the molecule is COc1ccc(C(=O)COC(=O)C2CCN(c3ccc(C(N)=O)cn3)CC2)cc1Cl. The monoisotopic (exact) mass is 431 g/mol. The van der Waals surface area contributed by atoms with Gasteiger partial charge < -0.3 is 20.1 Å². The lowest BCUT2D eigenvalue weighted by molar-refractivity contribution is -0.148. The molecule has 0 unspecified atom stereocenters. The second kappa shape index (κ2) is 9.58. The molecule has 2 aromatic rings. The summed E-state index contributed by atoms with van der Waals surface area (Å²) < 4.78 is 10.3. The van der Waals surface area contributed by atoms with Crippen LogP contribution < -0.4 is 15.4 Å². The van der Waals surface area contributed by atoms with Gasteiger partial charge in [0.15, 0.2) is 12.4 Å². The van der Waals surface area contributed by atoms with Crippen LogP contribution in [0.25, 0.3) is 0 Å². The molecule has 1 fully saturated rings. The van der Waals surface area contributed by atoms with Crippen molar-refractivity contribution >= 4 is 35.1 Å². The molecule has 3 rings (SSSR count). The largest absolute Gasteiger partial charge is 0.495 e. The zero-order chi connectivity index (χ0) is 21.7. The van der Waals surface area contributed by atoms with Crippen molar-refractivity contribution in [2.24, 2.45) is 11.7 Å². The number of benzene rings is 1. The molecule has 0 bridgehead atoms. The number of ketones is 1. The minimum absolute atomic E-state index is 0.279. The highest BCUT2D eigenvalue weighted by molar-refractivity contribution is 6.32. The molecular weight excluding hydrogens is 410 g/mol. The van der Waals surface area contributed by atoms with Gasteiger partial charge in [-0.3, -0.25) is 14.4 Å². The molecule has 158 valence electrons. The molecule has 1 aromatic carbocycles. The summed E-state index contributed by atoms with van der Waals surface area (Å²) >= 11 is 6.03. The standard InChI is InChI=1S/C21H22ClN3O5/c1-29-18-4-2-14(10-16(18)22)17(26)12-30-21(28)13-6-8-25(9-7-13)19-5-3-15(11-24-19)20(23)27/h2-5,10-11,13H,6-9,12H2,1H3,(H2,23,27). The molecule has 1 aliphatic rings. The molecule has 0 spiro atoms. The van der Waals surface area contributed by atoms with E-state index in [0.717, 1.165) is 5.82 Å². The highest BCUT2D eigenvalue weighted by Gasteiger charge is 2.27. The average Bonchev–Trinajstić information content (AvgIpc) is 2.77. The Balaban J connectivity index is 1.48. The summed E-state index contributed by atoms with van der Waals surface area (Å²) in [6, 6.07) is 8.03.